The number of nitro benzene ring substituents is 2. The van der Waals surface area contributed by atoms with E-state index in [1.807, 2.05) is 0 Å². The minimum atomic E-state index is -0.963. The number of nitro groups is 2. The molecular formula is C19H17N3O7. The number of hydrogen-bond donors (Lipinski definition) is 0. The van der Waals surface area contributed by atoms with Gasteiger partial charge in [-0.05, 0) is 37.5 Å². The molecule has 10 heteroatoms. The largest absolute Gasteiger partial charge is 0.452 e. The maximum Gasteiger partial charge on any atom is 0.345 e. The van der Waals surface area contributed by atoms with Crippen LogP contribution in [0.5, 0.6) is 0 Å². The second-order valence-corrected chi connectivity index (χ2v) is 6.52. The van der Waals surface area contributed by atoms with E-state index in [1.54, 1.807) is 0 Å². The van der Waals surface area contributed by atoms with Crippen LogP contribution in [0.1, 0.15) is 27.9 Å². The number of benzene rings is 2. The fraction of sp³-hybridized carbons (Fsp3) is 0.263. The molecule has 0 aliphatic carbocycles. The molecule has 0 aromatic heterocycles. The highest BCUT2D eigenvalue weighted by Gasteiger charge is 2.27. The Kier molecular flexibility index (Phi) is 5.53. The van der Waals surface area contributed by atoms with Crippen LogP contribution in [-0.2, 0) is 16.0 Å². The average Bonchev–Trinajstić information content (AvgIpc) is 2.70. The molecule has 0 radical (unpaired) electrons. The summed E-state index contributed by atoms with van der Waals surface area (Å²) in [7, 11) is 0. The molecule has 2 aromatic carbocycles. The van der Waals surface area contributed by atoms with E-state index in [2.05, 4.69) is 0 Å². The van der Waals surface area contributed by atoms with Crippen LogP contribution in [0.4, 0.5) is 17.1 Å². The number of carbonyl (C=O) groups excluding carboxylic acids is 2. The van der Waals surface area contributed by atoms with Crippen molar-refractivity contribution < 1.29 is 24.2 Å². The van der Waals surface area contributed by atoms with Gasteiger partial charge in [-0.3, -0.25) is 25.0 Å². The Balaban J connectivity index is 1.75. The van der Waals surface area contributed by atoms with Crippen LogP contribution in [0, 0.1) is 27.2 Å². The number of hydrogen-bond acceptors (Lipinski definition) is 7. The van der Waals surface area contributed by atoms with Gasteiger partial charge in [0.15, 0.2) is 6.61 Å². The van der Waals surface area contributed by atoms with Crippen LogP contribution in [-0.4, -0.2) is 34.9 Å². The summed E-state index contributed by atoms with van der Waals surface area (Å²) in [5, 5.41) is 22.2. The number of esters is 1. The lowest BCUT2D eigenvalue weighted by molar-refractivity contribution is -0.385. The smallest absolute Gasteiger partial charge is 0.345 e. The Bertz CT molecular complexity index is 1020. The summed E-state index contributed by atoms with van der Waals surface area (Å²) < 4.78 is 5.02. The van der Waals surface area contributed by atoms with Crippen LogP contribution in [0.3, 0.4) is 0 Å². The number of para-hydroxylation sites is 1. The fourth-order valence-corrected chi connectivity index (χ4v) is 3.31. The predicted octanol–water partition coefficient (Wildman–Crippen LogP) is 2.95. The van der Waals surface area contributed by atoms with Crippen molar-refractivity contribution in [3.8, 4) is 0 Å². The first-order valence-corrected chi connectivity index (χ1v) is 8.78. The number of rotatable bonds is 5. The number of non-ortho nitro benzene ring substituents is 1. The summed E-state index contributed by atoms with van der Waals surface area (Å²) in [4.78, 5) is 47.3. The van der Waals surface area contributed by atoms with Crippen molar-refractivity contribution in [3.63, 3.8) is 0 Å². The van der Waals surface area contributed by atoms with E-state index in [0.29, 0.717) is 36.2 Å². The average molecular weight is 399 g/mol. The van der Waals surface area contributed by atoms with Crippen molar-refractivity contribution in [1.29, 1.82) is 0 Å². The topological polar surface area (TPSA) is 133 Å². The summed E-state index contributed by atoms with van der Waals surface area (Å²) in [5.74, 6) is -1.47. The van der Waals surface area contributed by atoms with Crippen molar-refractivity contribution >= 4 is 28.9 Å². The molecule has 0 atom stereocenters. The van der Waals surface area contributed by atoms with Crippen LogP contribution < -0.4 is 4.90 Å². The number of carbonyl (C=O) groups is 2. The van der Waals surface area contributed by atoms with E-state index in [9.17, 15) is 29.8 Å². The molecule has 0 N–H and O–H groups in total. The number of nitrogens with zero attached hydrogens (tertiary/aromatic N) is 3. The molecule has 3 rings (SSSR count). The van der Waals surface area contributed by atoms with Gasteiger partial charge in [0.05, 0.1) is 9.85 Å². The standard InChI is InChI=1S/C19H17N3O7/c1-12-4-2-6-15(18(12)22(27)28)19(24)29-11-17(23)20-9-3-5-13-10-14(21(25)26)7-8-16(13)20/h2,4,6-8,10H,3,5,9,11H2,1H3. The van der Waals surface area contributed by atoms with Crippen molar-refractivity contribution in [2.75, 3.05) is 18.1 Å². The third-order valence-electron chi connectivity index (χ3n) is 4.66. The van der Waals surface area contributed by atoms with Gasteiger partial charge in [-0.2, -0.15) is 0 Å². The lowest BCUT2D eigenvalue weighted by Crippen LogP contribution is -2.38. The molecule has 10 nitrogen and oxygen atoms in total. The number of ether oxygens (including phenoxy) is 1. The first kappa shape index (κ1) is 19.9. The number of fused-ring (bicyclic) bond motifs is 1. The lowest BCUT2D eigenvalue weighted by atomic mass is 10.0. The zero-order chi connectivity index (χ0) is 21.1. The molecule has 150 valence electrons. The van der Waals surface area contributed by atoms with E-state index in [4.69, 9.17) is 4.74 Å². The molecule has 0 unspecified atom stereocenters. The zero-order valence-electron chi connectivity index (χ0n) is 15.5. The molecule has 0 fully saturated rings. The lowest BCUT2D eigenvalue weighted by Gasteiger charge is -2.29. The molecule has 2 aromatic rings. The van der Waals surface area contributed by atoms with Gasteiger partial charge in [0.2, 0.25) is 0 Å². The Morgan fingerprint density at radius 3 is 2.59 bits per heavy atom. The quantitative estimate of drug-likeness (QED) is 0.429. The molecule has 0 spiro atoms. The number of amides is 1. The van der Waals surface area contributed by atoms with Crippen LogP contribution >= 0.6 is 0 Å². The van der Waals surface area contributed by atoms with Gasteiger partial charge in [-0.25, -0.2) is 4.79 Å². The normalized spacial score (nSPS) is 12.8. The van der Waals surface area contributed by atoms with E-state index >= 15 is 0 Å². The van der Waals surface area contributed by atoms with Gasteiger partial charge in [-0.1, -0.05) is 12.1 Å². The third-order valence-corrected chi connectivity index (χ3v) is 4.66. The maximum absolute atomic E-state index is 12.6. The molecular weight excluding hydrogens is 382 g/mol. The number of aryl methyl sites for hydroxylation is 2. The highest BCUT2D eigenvalue weighted by Crippen LogP contribution is 2.30. The van der Waals surface area contributed by atoms with E-state index < -0.39 is 28.3 Å². The summed E-state index contributed by atoms with van der Waals surface area (Å²) in [6.07, 6.45) is 1.20. The molecule has 1 amide bonds. The molecule has 1 aliphatic rings. The Morgan fingerprint density at radius 1 is 1.14 bits per heavy atom. The Hall–Kier alpha value is -3.82. The fourth-order valence-electron chi connectivity index (χ4n) is 3.31. The Labute approximate surface area is 165 Å². The summed E-state index contributed by atoms with van der Waals surface area (Å²) in [6.45, 7) is 1.29. The van der Waals surface area contributed by atoms with Crippen LogP contribution in [0.25, 0.3) is 0 Å². The van der Waals surface area contributed by atoms with Crippen molar-refractivity contribution in [2.45, 2.75) is 19.8 Å². The summed E-state index contributed by atoms with van der Waals surface area (Å²) in [6, 6.07) is 8.51. The molecule has 0 saturated heterocycles. The maximum atomic E-state index is 12.6. The van der Waals surface area contributed by atoms with E-state index in [0.717, 1.165) is 0 Å². The second kappa shape index (κ2) is 8.05. The van der Waals surface area contributed by atoms with Gasteiger partial charge < -0.3 is 9.64 Å². The van der Waals surface area contributed by atoms with Gasteiger partial charge in [0.1, 0.15) is 5.56 Å². The monoisotopic (exact) mass is 399 g/mol. The highest BCUT2D eigenvalue weighted by molar-refractivity contribution is 5.99. The third kappa shape index (κ3) is 4.05. The first-order valence-electron chi connectivity index (χ1n) is 8.78. The minimum absolute atomic E-state index is 0.0590. The summed E-state index contributed by atoms with van der Waals surface area (Å²) in [5.41, 5.74) is 0.862. The summed E-state index contributed by atoms with van der Waals surface area (Å²) >= 11 is 0. The minimum Gasteiger partial charge on any atom is -0.452 e. The molecule has 29 heavy (non-hydrogen) atoms. The second-order valence-electron chi connectivity index (χ2n) is 6.52. The van der Waals surface area contributed by atoms with Gasteiger partial charge >= 0.3 is 5.97 Å². The van der Waals surface area contributed by atoms with Crippen molar-refractivity contribution in [3.05, 3.63) is 73.3 Å². The zero-order valence-corrected chi connectivity index (χ0v) is 15.5. The van der Waals surface area contributed by atoms with Gasteiger partial charge in [0, 0.05) is 29.9 Å². The SMILES string of the molecule is Cc1cccc(C(=O)OCC(=O)N2CCCc3cc([N+](=O)[O-])ccc32)c1[N+](=O)[O-]. The molecule has 0 saturated carbocycles. The van der Waals surface area contributed by atoms with Crippen LogP contribution in [0.15, 0.2) is 36.4 Å². The highest BCUT2D eigenvalue weighted by atomic mass is 16.6. The first-order chi connectivity index (χ1) is 13.8. The van der Waals surface area contributed by atoms with Gasteiger partial charge in [-0.15, -0.1) is 0 Å². The van der Waals surface area contributed by atoms with Crippen molar-refractivity contribution in [2.24, 2.45) is 0 Å². The van der Waals surface area contributed by atoms with Gasteiger partial charge in [0.25, 0.3) is 17.3 Å². The molecule has 0 bridgehead atoms. The van der Waals surface area contributed by atoms with E-state index in [-0.39, 0.29) is 16.9 Å². The van der Waals surface area contributed by atoms with Crippen LogP contribution in [0.2, 0.25) is 0 Å². The molecule has 1 heterocycles. The van der Waals surface area contributed by atoms with Crippen molar-refractivity contribution in [1.82, 2.24) is 0 Å². The van der Waals surface area contributed by atoms with E-state index in [1.165, 1.54) is 48.2 Å². The molecule has 1 aliphatic heterocycles. The predicted molar refractivity (Wildman–Crippen MR) is 102 cm³/mol. The Morgan fingerprint density at radius 2 is 1.90 bits per heavy atom. The number of anilines is 1.